The van der Waals surface area contributed by atoms with Crippen molar-refractivity contribution in [1.29, 1.82) is 0 Å². The number of hydrogen-bond donors (Lipinski definition) is 2. The van der Waals surface area contributed by atoms with Crippen molar-refractivity contribution in [2.45, 2.75) is 43.8 Å². The molecular formula is C20H22FN7O2S. The molecule has 1 aliphatic rings. The summed E-state index contributed by atoms with van der Waals surface area (Å²) in [6.45, 7) is 2.21. The molecule has 1 saturated carbocycles. The highest BCUT2D eigenvalue weighted by atomic mass is 32.2. The van der Waals surface area contributed by atoms with Crippen molar-refractivity contribution >= 4 is 29.4 Å². The smallest absolute Gasteiger partial charge is 0.236 e. The summed E-state index contributed by atoms with van der Waals surface area (Å²) in [5.41, 5.74) is 6.64. The predicted octanol–water partition coefficient (Wildman–Crippen LogP) is 2.39. The lowest BCUT2D eigenvalue weighted by molar-refractivity contribution is -0.118. The molecule has 0 radical (unpaired) electrons. The van der Waals surface area contributed by atoms with Crippen LogP contribution in [0.15, 0.2) is 35.5 Å². The molecule has 0 bridgehead atoms. The molecule has 2 aromatic heterocycles. The van der Waals surface area contributed by atoms with Gasteiger partial charge in [-0.1, -0.05) is 11.8 Å². The Morgan fingerprint density at radius 1 is 1.26 bits per heavy atom. The van der Waals surface area contributed by atoms with Gasteiger partial charge in [-0.2, -0.15) is 5.10 Å². The van der Waals surface area contributed by atoms with Gasteiger partial charge in [0.2, 0.25) is 11.8 Å². The largest absolute Gasteiger partial charge is 0.370 e. The Balaban J connectivity index is 1.44. The zero-order chi connectivity index (χ0) is 22.0. The number of primary amides is 1. The van der Waals surface area contributed by atoms with Crippen molar-refractivity contribution in [2.24, 2.45) is 5.73 Å². The van der Waals surface area contributed by atoms with Crippen LogP contribution in [0.5, 0.6) is 0 Å². The molecule has 3 aromatic rings. The Labute approximate surface area is 182 Å². The van der Waals surface area contributed by atoms with E-state index in [9.17, 15) is 14.0 Å². The summed E-state index contributed by atoms with van der Waals surface area (Å²) < 4.78 is 16.7. The van der Waals surface area contributed by atoms with Gasteiger partial charge in [0.05, 0.1) is 17.1 Å². The first-order chi connectivity index (χ1) is 14.9. The third-order valence-corrected chi connectivity index (χ3v) is 5.74. The number of nitrogens with one attached hydrogen (secondary N) is 1. The number of carbonyl (C=O) groups excluding carboxylic acids is 2. The zero-order valence-corrected chi connectivity index (χ0v) is 17.7. The normalized spacial score (nSPS) is 13.4. The van der Waals surface area contributed by atoms with Crippen LogP contribution >= 0.6 is 11.8 Å². The van der Waals surface area contributed by atoms with E-state index in [2.05, 4.69) is 20.6 Å². The van der Waals surface area contributed by atoms with Crippen LogP contribution in [-0.4, -0.2) is 42.1 Å². The van der Waals surface area contributed by atoms with Gasteiger partial charge in [-0.25, -0.2) is 9.07 Å². The van der Waals surface area contributed by atoms with E-state index in [1.807, 2.05) is 11.5 Å². The van der Waals surface area contributed by atoms with Crippen molar-refractivity contribution in [1.82, 2.24) is 24.5 Å². The second-order valence-corrected chi connectivity index (χ2v) is 8.32. The lowest BCUT2D eigenvalue weighted by Gasteiger charge is -2.10. The third kappa shape index (κ3) is 5.10. The average Bonchev–Trinajstić information content (AvgIpc) is 3.39. The van der Waals surface area contributed by atoms with Gasteiger partial charge in [0.25, 0.3) is 0 Å². The summed E-state index contributed by atoms with van der Waals surface area (Å²) in [5, 5.41) is 16.2. The molecule has 0 aliphatic heterocycles. The molecular weight excluding hydrogens is 421 g/mol. The molecule has 9 nitrogen and oxygen atoms in total. The van der Waals surface area contributed by atoms with Crippen LogP contribution in [-0.2, 0) is 16.1 Å². The summed E-state index contributed by atoms with van der Waals surface area (Å²) in [5.74, 6) is 0.807. The standard InChI is InChI=1S/C20H22FN7O2S/c1-12-10-17(28(26-12)15-6-4-14(21)5-7-15)23-18(30)11-31-20-25-24-19(13-2-3-13)27(20)9-8-16(22)29/h4-7,10,13H,2-3,8-9,11H2,1H3,(H2,22,29)(H,23,30). The van der Waals surface area contributed by atoms with Crippen LogP contribution in [0.25, 0.3) is 5.69 Å². The first-order valence-electron chi connectivity index (χ1n) is 9.87. The summed E-state index contributed by atoms with van der Waals surface area (Å²) in [7, 11) is 0. The number of hydrogen-bond acceptors (Lipinski definition) is 6. The maximum absolute atomic E-state index is 13.2. The molecule has 2 amide bonds. The Hall–Kier alpha value is -3.21. The third-order valence-electron chi connectivity index (χ3n) is 4.77. The minimum atomic E-state index is -0.395. The van der Waals surface area contributed by atoms with Gasteiger partial charge in [-0.15, -0.1) is 10.2 Å². The number of nitrogens with zero attached hydrogens (tertiary/aromatic N) is 5. The fourth-order valence-electron chi connectivity index (χ4n) is 3.16. The predicted molar refractivity (Wildman–Crippen MR) is 113 cm³/mol. The number of carbonyl (C=O) groups is 2. The number of thioether (sulfide) groups is 1. The first kappa shape index (κ1) is 21.0. The second kappa shape index (κ2) is 8.88. The summed E-state index contributed by atoms with van der Waals surface area (Å²) in [6.07, 6.45) is 2.28. The molecule has 1 aliphatic carbocycles. The minimum Gasteiger partial charge on any atom is -0.370 e. The number of amides is 2. The minimum absolute atomic E-state index is 0.104. The molecule has 0 atom stereocenters. The number of anilines is 1. The Bertz CT molecular complexity index is 1110. The van der Waals surface area contributed by atoms with Crippen molar-refractivity contribution < 1.29 is 14.0 Å². The van der Waals surface area contributed by atoms with Gasteiger partial charge in [-0.3, -0.25) is 9.59 Å². The van der Waals surface area contributed by atoms with Gasteiger partial charge in [-0.05, 0) is 44.0 Å². The molecule has 31 heavy (non-hydrogen) atoms. The Kier molecular flexibility index (Phi) is 6.03. The van der Waals surface area contributed by atoms with Gasteiger partial charge >= 0.3 is 0 Å². The topological polar surface area (TPSA) is 121 Å². The van der Waals surface area contributed by atoms with E-state index in [0.29, 0.717) is 34.8 Å². The van der Waals surface area contributed by atoms with Crippen LogP contribution < -0.4 is 11.1 Å². The summed E-state index contributed by atoms with van der Waals surface area (Å²) in [6, 6.07) is 7.60. The highest BCUT2D eigenvalue weighted by Gasteiger charge is 2.30. The highest BCUT2D eigenvalue weighted by molar-refractivity contribution is 7.99. The fraction of sp³-hybridized carbons (Fsp3) is 0.350. The molecule has 162 valence electrons. The maximum Gasteiger partial charge on any atom is 0.236 e. The number of aromatic nitrogens is 5. The molecule has 1 aromatic carbocycles. The quantitative estimate of drug-likeness (QED) is 0.490. The first-order valence-corrected chi connectivity index (χ1v) is 10.9. The van der Waals surface area contributed by atoms with E-state index < -0.39 is 5.91 Å². The lowest BCUT2D eigenvalue weighted by atomic mass is 10.3. The number of aryl methyl sites for hydroxylation is 1. The lowest BCUT2D eigenvalue weighted by Crippen LogP contribution is -2.18. The van der Waals surface area contributed by atoms with E-state index >= 15 is 0 Å². The van der Waals surface area contributed by atoms with E-state index in [1.165, 1.54) is 23.9 Å². The van der Waals surface area contributed by atoms with Crippen molar-refractivity contribution in [3.63, 3.8) is 0 Å². The molecule has 3 N–H and O–H groups in total. The van der Waals surface area contributed by atoms with Gasteiger partial charge in [0, 0.05) is 24.9 Å². The average molecular weight is 444 g/mol. The molecule has 1 fully saturated rings. The Morgan fingerprint density at radius 3 is 2.68 bits per heavy atom. The van der Waals surface area contributed by atoms with Gasteiger partial charge in [0.15, 0.2) is 5.16 Å². The number of halogens is 1. The molecule has 0 spiro atoms. The van der Waals surface area contributed by atoms with Crippen LogP contribution in [0.3, 0.4) is 0 Å². The second-order valence-electron chi connectivity index (χ2n) is 7.38. The Morgan fingerprint density at radius 2 is 2.00 bits per heavy atom. The number of nitrogens with two attached hydrogens (primary N) is 1. The van der Waals surface area contributed by atoms with Crippen molar-refractivity contribution in [3.8, 4) is 5.69 Å². The monoisotopic (exact) mass is 443 g/mol. The number of benzene rings is 1. The van der Waals surface area contributed by atoms with E-state index in [-0.39, 0.29) is 23.9 Å². The molecule has 4 rings (SSSR count). The van der Waals surface area contributed by atoms with E-state index in [1.54, 1.807) is 22.9 Å². The van der Waals surface area contributed by atoms with Crippen LogP contribution in [0.4, 0.5) is 10.2 Å². The SMILES string of the molecule is Cc1cc(NC(=O)CSc2nnc(C3CC3)n2CCC(N)=O)n(-c2ccc(F)cc2)n1. The van der Waals surface area contributed by atoms with E-state index in [0.717, 1.165) is 18.7 Å². The van der Waals surface area contributed by atoms with Gasteiger partial charge < -0.3 is 15.6 Å². The molecule has 11 heteroatoms. The van der Waals surface area contributed by atoms with Crippen molar-refractivity contribution in [2.75, 3.05) is 11.1 Å². The van der Waals surface area contributed by atoms with Crippen LogP contribution in [0, 0.1) is 12.7 Å². The highest BCUT2D eigenvalue weighted by Crippen LogP contribution is 2.40. The molecule has 0 saturated heterocycles. The summed E-state index contributed by atoms with van der Waals surface area (Å²) >= 11 is 1.25. The zero-order valence-electron chi connectivity index (χ0n) is 16.9. The molecule has 2 heterocycles. The van der Waals surface area contributed by atoms with Gasteiger partial charge in [0.1, 0.15) is 17.5 Å². The van der Waals surface area contributed by atoms with Crippen LogP contribution in [0.2, 0.25) is 0 Å². The summed E-state index contributed by atoms with van der Waals surface area (Å²) in [4.78, 5) is 23.8. The fourth-order valence-corrected chi connectivity index (χ4v) is 3.93. The van der Waals surface area contributed by atoms with E-state index in [4.69, 9.17) is 5.73 Å². The molecule has 0 unspecified atom stereocenters. The number of rotatable bonds is 9. The maximum atomic E-state index is 13.2. The van der Waals surface area contributed by atoms with Crippen LogP contribution in [0.1, 0.15) is 36.7 Å². The van der Waals surface area contributed by atoms with Crippen molar-refractivity contribution in [3.05, 3.63) is 47.7 Å².